The van der Waals surface area contributed by atoms with Crippen molar-refractivity contribution in [3.63, 3.8) is 0 Å². The summed E-state index contributed by atoms with van der Waals surface area (Å²) in [5, 5.41) is 14.7. The zero-order chi connectivity index (χ0) is 13.8. The third kappa shape index (κ3) is 3.68. The van der Waals surface area contributed by atoms with E-state index in [1.54, 1.807) is 38.2 Å². The topological polar surface area (TPSA) is 72.7 Å². The van der Waals surface area contributed by atoms with E-state index in [0.717, 1.165) is 0 Å². The van der Waals surface area contributed by atoms with E-state index in [2.05, 4.69) is 20.8 Å². The Hall–Kier alpha value is -1.60. The quantitative estimate of drug-likeness (QED) is 0.874. The van der Waals surface area contributed by atoms with E-state index in [9.17, 15) is 4.79 Å². The molecule has 0 fully saturated rings. The second-order valence-corrected chi connectivity index (χ2v) is 5.59. The summed E-state index contributed by atoms with van der Waals surface area (Å²) in [7, 11) is 1.73. The van der Waals surface area contributed by atoms with E-state index in [4.69, 9.17) is 11.6 Å². The van der Waals surface area contributed by atoms with Gasteiger partial charge in [-0.05, 0) is 35.5 Å². The number of amides is 1. The summed E-state index contributed by atoms with van der Waals surface area (Å²) in [6, 6.07) is 7.01. The number of carbonyl (C=O) groups is 1. The normalized spacial score (nSPS) is 12.2. The Labute approximate surface area is 119 Å². The number of thioether (sulfide) groups is 1. The van der Waals surface area contributed by atoms with Gasteiger partial charge in [-0.25, -0.2) is 4.68 Å². The molecule has 0 spiro atoms. The Kier molecular flexibility index (Phi) is 4.39. The molecule has 1 aromatic carbocycles. The molecule has 2 rings (SSSR count). The molecule has 1 aromatic heterocycles. The standard InChI is InChI=1S/C11H12ClN5OS/c1-7(19-11-14-15-16-17(11)2)10(18)13-9-5-3-4-8(12)6-9/h3-7H,1-2H3,(H,13,18). The molecule has 2 aromatic rings. The monoisotopic (exact) mass is 297 g/mol. The predicted molar refractivity (Wildman–Crippen MR) is 74.2 cm³/mol. The van der Waals surface area contributed by atoms with Crippen LogP contribution in [0.3, 0.4) is 0 Å². The molecule has 1 heterocycles. The van der Waals surface area contributed by atoms with Gasteiger partial charge in [0.2, 0.25) is 11.1 Å². The Morgan fingerprint density at radius 3 is 2.95 bits per heavy atom. The fourth-order valence-corrected chi connectivity index (χ4v) is 2.29. The van der Waals surface area contributed by atoms with Crippen molar-refractivity contribution in [1.29, 1.82) is 0 Å². The molecule has 1 N–H and O–H groups in total. The number of hydrogen-bond acceptors (Lipinski definition) is 5. The second-order valence-electron chi connectivity index (χ2n) is 3.84. The molecule has 8 heteroatoms. The molecule has 0 radical (unpaired) electrons. The third-order valence-electron chi connectivity index (χ3n) is 2.32. The number of nitrogens with zero attached hydrogens (tertiary/aromatic N) is 4. The van der Waals surface area contributed by atoms with Crippen LogP contribution in [0.5, 0.6) is 0 Å². The molecule has 6 nitrogen and oxygen atoms in total. The van der Waals surface area contributed by atoms with Gasteiger partial charge in [0.15, 0.2) is 0 Å². The van der Waals surface area contributed by atoms with Crippen molar-refractivity contribution in [1.82, 2.24) is 20.2 Å². The van der Waals surface area contributed by atoms with Crippen LogP contribution < -0.4 is 5.32 Å². The molecule has 100 valence electrons. The van der Waals surface area contributed by atoms with Gasteiger partial charge in [0.25, 0.3) is 0 Å². The number of tetrazole rings is 1. The highest BCUT2D eigenvalue weighted by Gasteiger charge is 2.17. The predicted octanol–water partition coefficient (Wildman–Crippen LogP) is 1.98. The Morgan fingerprint density at radius 2 is 2.32 bits per heavy atom. The maximum atomic E-state index is 12.0. The highest BCUT2D eigenvalue weighted by Crippen LogP contribution is 2.21. The van der Waals surface area contributed by atoms with Gasteiger partial charge in [-0.3, -0.25) is 4.79 Å². The molecule has 0 saturated heterocycles. The van der Waals surface area contributed by atoms with Gasteiger partial charge in [-0.15, -0.1) is 5.10 Å². The summed E-state index contributed by atoms with van der Waals surface area (Å²) in [6.45, 7) is 1.79. The van der Waals surface area contributed by atoms with E-state index < -0.39 is 0 Å². The van der Waals surface area contributed by atoms with E-state index >= 15 is 0 Å². The molecule has 1 amide bonds. The molecule has 1 atom stereocenters. The van der Waals surface area contributed by atoms with Crippen LogP contribution in [0.1, 0.15) is 6.92 Å². The SMILES string of the molecule is CC(Sc1nnnn1C)C(=O)Nc1cccc(Cl)c1. The molecule has 19 heavy (non-hydrogen) atoms. The lowest BCUT2D eigenvalue weighted by Gasteiger charge is -2.10. The average molecular weight is 298 g/mol. The van der Waals surface area contributed by atoms with Gasteiger partial charge >= 0.3 is 0 Å². The summed E-state index contributed by atoms with van der Waals surface area (Å²) in [6.07, 6.45) is 0. The molecule has 1 unspecified atom stereocenters. The van der Waals surface area contributed by atoms with Crippen molar-refractivity contribution in [2.45, 2.75) is 17.3 Å². The van der Waals surface area contributed by atoms with Crippen molar-refractivity contribution >= 4 is 35.0 Å². The van der Waals surface area contributed by atoms with Crippen LogP contribution in [0.2, 0.25) is 5.02 Å². The van der Waals surface area contributed by atoms with Gasteiger partial charge in [0, 0.05) is 17.8 Å². The Bertz CT molecular complexity index is 588. The van der Waals surface area contributed by atoms with Gasteiger partial charge in [0.05, 0.1) is 5.25 Å². The first kappa shape index (κ1) is 13.8. The fraction of sp³-hybridized carbons (Fsp3) is 0.273. The number of carbonyl (C=O) groups excluding carboxylic acids is 1. The molecule has 0 aliphatic rings. The van der Waals surface area contributed by atoms with Crippen LogP contribution in [-0.2, 0) is 11.8 Å². The van der Waals surface area contributed by atoms with E-state index in [0.29, 0.717) is 15.9 Å². The van der Waals surface area contributed by atoms with Crippen LogP contribution in [-0.4, -0.2) is 31.4 Å². The van der Waals surface area contributed by atoms with Crippen molar-refractivity contribution in [3.8, 4) is 0 Å². The molecule has 0 bridgehead atoms. The number of nitrogens with one attached hydrogen (secondary N) is 1. The molecular formula is C11H12ClN5OS. The van der Waals surface area contributed by atoms with Crippen LogP contribution >= 0.6 is 23.4 Å². The average Bonchev–Trinajstić information content (AvgIpc) is 2.75. The number of aryl methyl sites for hydroxylation is 1. The Balaban J connectivity index is 1.98. The fourth-order valence-electron chi connectivity index (χ4n) is 1.34. The summed E-state index contributed by atoms with van der Waals surface area (Å²) in [5.41, 5.74) is 0.668. The van der Waals surface area contributed by atoms with Gasteiger partial charge in [-0.1, -0.05) is 29.4 Å². The maximum Gasteiger partial charge on any atom is 0.237 e. The lowest BCUT2D eigenvalue weighted by molar-refractivity contribution is -0.115. The first-order valence-electron chi connectivity index (χ1n) is 5.51. The lowest BCUT2D eigenvalue weighted by Crippen LogP contribution is -2.22. The van der Waals surface area contributed by atoms with Gasteiger partial charge < -0.3 is 5.32 Å². The third-order valence-corrected chi connectivity index (χ3v) is 3.68. The van der Waals surface area contributed by atoms with Crippen molar-refractivity contribution in [2.24, 2.45) is 7.05 Å². The van der Waals surface area contributed by atoms with Gasteiger partial charge in [-0.2, -0.15) is 0 Å². The summed E-state index contributed by atoms with van der Waals surface area (Å²) in [5.74, 6) is -0.129. The van der Waals surface area contributed by atoms with Crippen LogP contribution in [0.25, 0.3) is 0 Å². The highest BCUT2D eigenvalue weighted by atomic mass is 35.5. The Morgan fingerprint density at radius 1 is 1.53 bits per heavy atom. The highest BCUT2D eigenvalue weighted by molar-refractivity contribution is 8.00. The van der Waals surface area contributed by atoms with Gasteiger partial charge in [0.1, 0.15) is 0 Å². The minimum atomic E-state index is -0.316. The largest absolute Gasteiger partial charge is 0.325 e. The molecule has 0 saturated carbocycles. The minimum absolute atomic E-state index is 0.129. The molecule has 0 aliphatic heterocycles. The molecule has 0 aliphatic carbocycles. The first-order chi connectivity index (χ1) is 9.06. The number of benzene rings is 1. The zero-order valence-corrected chi connectivity index (χ0v) is 11.9. The molecular weight excluding hydrogens is 286 g/mol. The maximum absolute atomic E-state index is 12.0. The van der Waals surface area contributed by atoms with E-state index in [-0.39, 0.29) is 11.2 Å². The van der Waals surface area contributed by atoms with E-state index in [1.165, 1.54) is 16.4 Å². The summed E-state index contributed by atoms with van der Waals surface area (Å²) in [4.78, 5) is 12.0. The first-order valence-corrected chi connectivity index (χ1v) is 6.77. The van der Waals surface area contributed by atoms with Crippen LogP contribution in [0.4, 0.5) is 5.69 Å². The van der Waals surface area contributed by atoms with Crippen molar-refractivity contribution in [3.05, 3.63) is 29.3 Å². The summed E-state index contributed by atoms with van der Waals surface area (Å²) < 4.78 is 1.52. The smallest absolute Gasteiger partial charge is 0.237 e. The number of anilines is 1. The van der Waals surface area contributed by atoms with Crippen molar-refractivity contribution in [2.75, 3.05) is 5.32 Å². The lowest BCUT2D eigenvalue weighted by atomic mass is 10.3. The van der Waals surface area contributed by atoms with Crippen LogP contribution in [0, 0.1) is 0 Å². The number of rotatable bonds is 4. The van der Waals surface area contributed by atoms with Crippen molar-refractivity contribution < 1.29 is 4.79 Å². The van der Waals surface area contributed by atoms with Crippen LogP contribution in [0.15, 0.2) is 29.4 Å². The summed E-state index contributed by atoms with van der Waals surface area (Å²) >= 11 is 7.15. The minimum Gasteiger partial charge on any atom is -0.325 e. The second kappa shape index (κ2) is 6.03. The zero-order valence-electron chi connectivity index (χ0n) is 10.4. The van der Waals surface area contributed by atoms with E-state index in [1.807, 2.05) is 0 Å². The number of aromatic nitrogens is 4. The number of hydrogen-bond donors (Lipinski definition) is 1. The number of halogens is 1.